The molecule has 0 amide bonds. The highest BCUT2D eigenvalue weighted by Crippen LogP contribution is 2.54. The number of pyridine rings is 1. The molecule has 0 spiro atoms. The van der Waals surface area contributed by atoms with Crippen LogP contribution in [0.15, 0.2) is 59.1 Å². The summed E-state index contributed by atoms with van der Waals surface area (Å²) in [6, 6.07) is 12.9. The van der Waals surface area contributed by atoms with Crippen LogP contribution in [-0.4, -0.2) is 41.4 Å². The molecule has 7 nitrogen and oxygen atoms in total. The van der Waals surface area contributed by atoms with Crippen molar-refractivity contribution in [1.29, 1.82) is 0 Å². The molecule has 10 heteroatoms. The lowest BCUT2D eigenvalue weighted by atomic mass is 9.98. The number of ether oxygens (including phenoxy) is 1. The summed E-state index contributed by atoms with van der Waals surface area (Å²) in [7, 11) is 1.47. The first-order valence-corrected chi connectivity index (χ1v) is 13.5. The maximum absolute atomic E-state index is 13.8. The minimum atomic E-state index is -4.49. The van der Waals surface area contributed by atoms with E-state index in [1.54, 1.807) is 6.07 Å². The molecule has 0 bridgehead atoms. The number of rotatable bonds is 7. The van der Waals surface area contributed by atoms with E-state index in [1.807, 2.05) is 24.3 Å². The maximum Gasteiger partial charge on any atom is 0.417 e. The Morgan fingerprint density at radius 3 is 2.56 bits per heavy atom. The summed E-state index contributed by atoms with van der Waals surface area (Å²) in [6.07, 6.45) is 1.44. The van der Waals surface area contributed by atoms with Crippen LogP contribution < -0.4 is 9.64 Å². The first kappa shape index (κ1) is 25.6. The largest absolute Gasteiger partial charge is 0.481 e. The van der Waals surface area contributed by atoms with Gasteiger partial charge in [0.15, 0.2) is 5.69 Å². The fourth-order valence-electron chi connectivity index (χ4n) is 6.18. The van der Waals surface area contributed by atoms with Crippen molar-refractivity contribution in [2.45, 2.75) is 24.9 Å². The van der Waals surface area contributed by atoms with Crippen LogP contribution in [0.5, 0.6) is 5.88 Å². The Morgan fingerprint density at radius 1 is 1.12 bits per heavy atom. The van der Waals surface area contributed by atoms with Crippen molar-refractivity contribution in [2.75, 3.05) is 25.1 Å². The maximum atomic E-state index is 13.8. The number of anilines is 1. The Labute approximate surface area is 233 Å². The predicted octanol–water partition coefficient (Wildman–Crippen LogP) is 6.89. The second-order valence-electron chi connectivity index (χ2n) is 11.0. The monoisotopic (exact) mass is 561 g/mol. The van der Waals surface area contributed by atoms with Crippen LogP contribution in [0.1, 0.15) is 46.1 Å². The van der Waals surface area contributed by atoms with Gasteiger partial charge in [0, 0.05) is 41.2 Å². The standard InChI is InChI=1S/C31H26F3N3O4/c1-40-29-22-13-18(9-8-17(22)12-26(35-29)30(38)39)37-14-23-19(24(23)15-37)10-11-21-27(36-41-28(21)16-6-7-16)20-4-2-3-5-25(20)31(32,33)34/h2-5,8-13,16,19,23-24H,6-7,14-15H2,1H3,(H,38,39)/b11-10+. The Hall–Kier alpha value is -4.34. The molecular formula is C31H26F3N3O4. The van der Waals surface area contributed by atoms with Crippen molar-refractivity contribution in [3.63, 3.8) is 0 Å². The molecule has 2 aromatic heterocycles. The van der Waals surface area contributed by atoms with Crippen molar-refractivity contribution in [2.24, 2.45) is 17.8 Å². The number of carbonyl (C=O) groups is 1. The van der Waals surface area contributed by atoms with Crippen LogP contribution in [0.3, 0.4) is 0 Å². The number of benzene rings is 2. The molecule has 3 aliphatic rings. The van der Waals surface area contributed by atoms with Gasteiger partial charge >= 0.3 is 12.1 Å². The topological polar surface area (TPSA) is 88.7 Å². The summed E-state index contributed by atoms with van der Waals surface area (Å²) in [5.74, 6) is 1.24. The second-order valence-corrected chi connectivity index (χ2v) is 11.0. The Kier molecular flexibility index (Phi) is 5.85. The summed E-state index contributed by atoms with van der Waals surface area (Å²) < 4.78 is 52.3. The van der Waals surface area contributed by atoms with Gasteiger partial charge in [0.25, 0.3) is 0 Å². The number of hydrogen-bond acceptors (Lipinski definition) is 6. The van der Waals surface area contributed by atoms with E-state index >= 15 is 0 Å². The SMILES string of the molecule is COc1nc(C(=O)O)cc2ccc(N3CC4C(/C=C/c5c(-c6ccccc6C(F)(F)F)noc5C5CC5)C4C3)cc12. The van der Waals surface area contributed by atoms with E-state index in [9.17, 15) is 23.1 Å². The van der Waals surface area contributed by atoms with E-state index in [4.69, 9.17) is 9.26 Å². The number of carboxylic acids is 1. The molecule has 3 heterocycles. The second kappa shape index (κ2) is 9.36. The van der Waals surface area contributed by atoms with E-state index in [0.717, 1.165) is 48.5 Å². The van der Waals surface area contributed by atoms with Gasteiger partial charge in [0.2, 0.25) is 5.88 Å². The van der Waals surface area contributed by atoms with Gasteiger partial charge in [0.1, 0.15) is 11.5 Å². The van der Waals surface area contributed by atoms with Crippen molar-refractivity contribution in [3.05, 3.63) is 77.2 Å². The van der Waals surface area contributed by atoms with Crippen LogP contribution in [0.25, 0.3) is 28.1 Å². The molecule has 2 aromatic carbocycles. The van der Waals surface area contributed by atoms with Crippen LogP contribution >= 0.6 is 0 Å². The number of allylic oxidation sites excluding steroid dienone is 1. The summed E-state index contributed by atoms with van der Waals surface area (Å²) in [6.45, 7) is 1.69. The molecule has 2 atom stereocenters. The molecule has 1 N–H and O–H groups in total. The molecule has 210 valence electrons. The van der Waals surface area contributed by atoms with Gasteiger partial charge in [-0.2, -0.15) is 13.2 Å². The Balaban J connectivity index is 1.11. The molecule has 2 saturated carbocycles. The van der Waals surface area contributed by atoms with Gasteiger partial charge in [-0.1, -0.05) is 41.6 Å². The van der Waals surface area contributed by atoms with Gasteiger partial charge in [-0.25, -0.2) is 9.78 Å². The number of aromatic carboxylic acids is 1. The van der Waals surface area contributed by atoms with Crippen LogP contribution in [0.2, 0.25) is 0 Å². The molecule has 0 radical (unpaired) electrons. The third kappa shape index (κ3) is 4.51. The zero-order valence-corrected chi connectivity index (χ0v) is 22.1. The number of piperidine rings is 1. The average Bonchev–Trinajstić information content (AvgIpc) is 3.82. The van der Waals surface area contributed by atoms with E-state index < -0.39 is 17.7 Å². The quantitative estimate of drug-likeness (QED) is 0.263. The van der Waals surface area contributed by atoms with Crippen molar-refractivity contribution in [1.82, 2.24) is 10.1 Å². The van der Waals surface area contributed by atoms with Gasteiger partial charge in [0.05, 0.1) is 12.7 Å². The molecule has 1 aliphatic heterocycles. The van der Waals surface area contributed by atoms with Gasteiger partial charge in [-0.3, -0.25) is 0 Å². The van der Waals surface area contributed by atoms with E-state index in [-0.39, 0.29) is 28.7 Å². The molecule has 41 heavy (non-hydrogen) atoms. The minimum Gasteiger partial charge on any atom is -0.481 e. The number of aromatic nitrogens is 2. The number of hydrogen-bond donors (Lipinski definition) is 1. The lowest BCUT2D eigenvalue weighted by Gasteiger charge is -2.22. The number of halogens is 3. The smallest absolute Gasteiger partial charge is 0.417 e. The third-order valence-corrected chi connectivity index (χ3v) is 8.50. The summed E-state index contributed by atoms with van der Waals surface area (Å²) in [4.78, 5) is 17.8. The van der Waals surface area contributed by atoms with Gasteiger partial charge in [-0.15, -0.1) is 0 Å². The lowest BCUT2D eigenvalue weighted by Crippen LogP contribution is -2.23. The van der Waals surface area contributed by atoms with E-state index in [0.29, 0.717) is 29.1 Å². The fourth-order valence-corrected chi connectivity index (χ4v) is 6.18. The zero-order chi connectivity index (χ0) is 28.5. The first-order chi connectivity index (χ1) is 19.7. The van der Waals surface area contributed by atoms with Gasteiger partial charge < -0.3 is 19.3 Å². The molecule has 1 saturated heterocycles. The lowest BCUT2D eigenvalue weighted by molar-refractivity contribution is -0.137. The Bertz CT molecular complexity index is 1700. The number of methoxy groups -OCH3 is 1. The Morgan fingerprint density at radius 2 is 1.88 bits per heavy atom. The third-order valence-electron chi connectivity index (χ3n) is 8.50. The number of carboxylic acid groups (broad SMARTS) is 1. The van der Waals surface area contributed by atoms with Gasteiger partial charge in [-0.05, 0) is 60.2 Å². The van der Waals surface area contributed by atoms with Crippen molar-refractivity contribution < 1.29 is 32.3 Å². The first-order valence-electron chi connectivity index (χ1n) is 13.5. The highest BCUT2D eigenvalue weighted by molar-refractivity contribution is 5.96. The van der Waals surface area contributed by atoms with Crippen LogP contribution in [-0.2, 0) is 6.18 Å². The minimum absolute atomic E-state index is 0.0363. The van der Waals surface area contributed by atoms with Crippen molar-refractivity contribution >= 4 is 28.5 Å². The summed E-state index contributed by atoms with van der Waals surface area (Å²) in [5.41, 5.74) is 1.16. The normalized spacial score (nSPS) is 22.0. The number of nitrogens with zero attached hydrogens (tertiary/aromatic N) is 3. The average molecular weight is 562 g/mol. The molecule has 4 aromatic rings. The highest BCUT2D eigenvalue weighted by atomic mass is 19.4. The molecule has 2 aliphatic carbocycles. The molecule has 7 rings (SSSR count). The summed E-state index contributed by atoms with van der Waals surface area (Å²) >= 11 is 0. The number of fused-ring (bicyclic) bond motifs is 2. The van der Waals surface area contributed by atoms with E-state index in [2.05, 4.69) is 21.1 Å². The predicted molar refractivity (Wildman–Crippen MR) is 146 cm³/mol. The molecular weight excluding hydrogens is 535 g/mol. The molecule has 2 unspecified atom stereocenters. The van der Waals surface area contributed by atoms with Crippen LogP contribution in [0.4, 0.5) is 18.9 Å². The fraction of sp³-hybridized carbons (Fsp3) is 0.323. The highest BCUT2D eigenvalue weighted by Gasteiger charge is 2.54. The summed E-state index contributed by atoms with van der Waals surface area (Å²) in [5, 5.41) is 14.9. The van der Waals surface area contributed by atoms with Crippen LogP contribution in [0, 0.1) is 17.8 Å². The zero-order valence-electron chi connectivity index (χ0n) is 22.1. The van der Waals surface area contributed by atoms with E-state index in [1.165, 1.54) is 25.3 Å². The number of alkyl halides is 3. The van der Waals surface area contributed by atoms with Crippen molar-refractivity contribution in [3.8, 4) is 17.1 Å². The molecule has 3 fully saturated rings.